The van der Waals surface area contributed by atoms with Crippen molar-refractivity contribution in [2.45, 2.75) is 12.1 Å². The third kappa shape index (κ3) is 3.48. The van der Waals surface area contributed by atoms with E-state index in [-0.39, 0.29) is 28.2 Å². The lowest BCUT2D eigenvalue weighted by molar-refractivity contribution is -0.0499. The number of halogens is 4. The molecule has 4 aromatic rings. The Morgan fingerprint density at radius 1 is 1.06 bits per heavy atom. The van der Waals surface area contributed by atoms with Crippen LogP contribution >= 0.6 is 0 Å². The molecule has 2 aromatic heterocycles. The van der Waals surface area contributed by atoms with Crippen molar-refractivity contribution in [1.82, 2.24) is 9.55 Å². The number of fused-ring (bicyclic) bond motifs is 2. The lowest BCUT2D eigenvalue weighted by atomic mass is 10.1. The van der Waals surface area contributed by atoms with Crippen LogP contribution in [0.25, 0.3) is 21.7 Å². The Bertz CT molecular complexity index is 1410. The van der Waals surface area contributed by atoms with Gasteiger partial charge in [0.1, 0.15) is 11.3 Å². The van der Waals surface area contributed by atoms with Crippen LogP contribution in [-0.4, -0.2) is 33.7 Å². The zero-order valence-electron chi connectivity index (χ0n) is 15.3. The van der Waals surface area contributed by atoms with Crippen molar-refractivity contribution in [1.29, 1.82) is 0 Å². The van der Waals surface area contributed by atoms with Crippen LogP contribution in [0.15, 0.2) is 48.8 Å². The van der Waals surface area contributed by atoms with Crippen LogP contribution in [0.3, 0.4) is 0 Å². The van der Waals surface area contributed by atoms with Crippen molar-refractivity contribution in [3.8, 4) is 17.4 Å². The van der Waals surface area contributed by atoms with Crippen LogP contribution in [-0.2, 0) is 16.7 Å². The molecule has 7 nitrogen and oxygen atoms in total. The first-order valence-electron chi connectivity index (χ1n) is 8.56. The molecule has 0 radical (unpaired) electrons. The molecule has 0 saturated heterocycles. The lowest BCUT2D eigenvalue weighted by Crippen LogP contribution is -2.28. The molecule has 0 spiro atoms. The Balaban J connectivity index is 1.98. The number of pyridine rings is 1. The molecule has 0 unspecified atom stereocenters. The third-order valence-corrected chi connectivity index (χ3v) is 5.50. The molecule has 2 N–H and O–H groups in total. The van der Waals surface area contributed by atoms with Gasteiger partial charge >= 0.3 is 15.6 Å². The summed E-state index contributed by atoms with van der Waals surface area (Å²) >= 11 is 0. The SMILES string of the molecule is O=S(=O)(Oc1c2cccnc2c(O)c2c(O)n(Cc3ccc(F)cc3)cc12)C(F)(F)F. The molecule has 2 aromatic carbocycles. The average Bonchev–Trinajstić information content (AvgIpc) is 3.02. The van der Waals surface area contributed by atoms with E-state index in [4.69, 9.17) is 0 Å². The maximum atomic E-state index is 13.1. The van der Waals surface area contributed by atoms with Crippen LogP contribution in [0.1, 0.15) is 5.56 Å². The van der Waals surface area contributed by atoms with Gasteiger partial charge in [-0.3, -0.25) is 4.98 Å². The average molecular weight is 456 g/mol. The number of aromatic nitrogens is 2. The number of hydrogen-bond donors (Lipinski definition) is 2. The fourth-order valence-corrected chi connectivity index (χ4v) is 3.64. The fourth-order valence-electron chi connectivity index (χ4n) is 3.15. The maximum Gasteiger partial charge on any atom is 0.534 e. The zero-order valence-corrected chi connectivity index (χ0v) is 16.1. The van der Waals surface area contributed by atoms with Gasteiger partial charge in [-0.05, 0) is 29.8 Å². The van der Waals surface area contributed by atoms with E-state index >= 15 is 0 Å². The second kappa shape index (κ2) is 7.01. The number of phenolic OH excluding ortho intramolecular Hbond substituents is 1. The van der Waals surface area contributed by atoms with Gasteiger partial charge in [0.05, 0.1) is 17.3 Å². The number of benzene rings is 2. The first-order valence-corrected chi connectivity index (χ1v) is 9.97. The van der Waals surface area contributed by atoms with Gasteiger partial charge in [-0.25, -0.2) is 4.39 Å². The van der Waals surface area contributed by atoms with Crippen LogP contribution in [0.4, 0.5) is 17.6 Å². The predicted molar refractivity (Wildman–Crippen MR) is 102 cm³/mol. The normalized spacial score (nSPS) is 12.5. The van der Waals surface area contributed by atoms with Gasteiger partial charge in [-0.2, -0.15) is 21.6 Å². The van der Waals surface area contributed by atoms with Crippen molar-refractivity contribution in [2.24, 2.45) is 0 Å². The molecule has 0 amide bonds. The summed E-state index contributed by atoms with van der Waals surface area (Å²) in [6.45, 7) is -0.0601. The topological polar surface area (TPSA) is 102 Å². The summed E-state index contributed by atoms with van der Waals surface area (Å²) in [6.07, 6.45) is 2.35. The van der Waals surface area contributed by atoms with Gasteiger partial charge in [0, 0.05) is 17.8 Å². The number of aromatic hydroxyl groups is 2. The van der Waals surface area contributed by atoms with E-state index in [0.29, 0.717) is 5.56 Å². The Hall–Kier alpha value is -3.54. The van der Waals surface area contributed by atoms with Gasteiger partial charge in [0.15, 0.2) is 11.5 Å². The van der Waals surface area contributed by atoms with Crippen molar-refractivity contribution in [3.63, 3.8) is 0 Å². The second-order valence-electron chi connectivity index (χ2n) is 6.56. The minimum absolute atomic E-state index is 0.0601. The van der Waals surface area contributed by atoms with E-state index in [1.54, 1.807) is 0 Å². The first kappa shape index (κ1) is 20.7. The van der Waals surface area contributed by atoms with Gasteiger partial charge in [0.25, 0.3) is 0 Å². The minimum atomic E-state index is -6.06. The van der Waals surface area contributed by atoms with Gasteiger partial charge in [-0.1, -0.05) is 12.1 Å². The highest BCUT2D eigenvalue weighted by Gasteiger charge is 2.49. The highest BCUT2D eigenvalue weighted by molar-refractivity contribution is 7.88. The quantitative estimate of drug-likeness (QED) is 0.273. The van der Waals surface area contributed by atoms with E-state index < -0.39 is 38.8 Å². The molecule has 0 saturated carbocycles. The number of phenols is 1. The van der Waals surface area contributed by atoms with Gasteiger partial charge in [0.2, 0.25) is 5.88 Å². The largest absolute Gasteiger partial charge is 0.534 e. The summed E-state index contributed by atoms with van der Waals surface area (Å²) in [5.74, 6) is -2.38. The van der Waals surface area contributed by atoms with Gasteiger partial charge < -0.3 is 19.0 Å². The Morgan fingerprint density at radius 3 is 2.39 bits per heavy atom. The van der Waals surface area contributed by atoms with E-state index in [0.717, 1.165) is 10.8 Å². The summed E-state index contributed by atoms with van der Waals surface area (Å²) < 4.78 is 80.8. The predicted octanol–water partition coefficient (Wildman–Crippen LogP) is 4.02. The monoisotopic (exact) mass is 456 g/mol. The lowest BCUT2D eigenvalue weighted by Gasteiger charge is -2.13. The number of hydrogen-bond acceptors (Lipinski definition) is 6. The summed E-state index contributed by atoms with van der Waals surface area (Å²) in [5.41, 5.74) is -5.45. The number of nitrogens with zero attached hydrogens (tertiary/aromatic N) is 2. The Morgan fingerprint density at radius 2 is 1.74 bits per heavy atom. The van der Waals surface area contributed by atoms with Crippen LogP contribution in [0.2, 0.25) is 0 Å². The zero-order chi connectivity index (χ0) is 22.6. The van der Waals surface area contributed by atoms with E-state index in [1.165, 1.54) is 42.6 Å². The smallest absolute Gasteiger partial charge is 0.505 e. The standard InChI is InChI=1S/C19H12F4N2O5S/c20-11-5-3-10(4-6-11)8-25-9-13-14(18(25)27)16(26)15-12(2-1-7-24-15)17(13)30-31(28,29)19(21,22)23/h1-7,9,26-27H,8H2. The van der Waals surface area contributed by atoms with E-state index in [9.17, 15) is 36.2 Å². The summed E-state index contributed by atoms with van der Waals surface area (Å²) in [4.78, 5) is 3.86. The molecular weight excluding hydrogens is 444 g/mol. The van der Waals surface area contributed by atoms with Crippen molar-refractivity contribution < 1.29 is 40.4 Å². The molecule has 0 aliphatic rings. The van der Waals surface area contributed by atoms with Crippen molar-refractivity contribution in [2.75, 3.05) is 0 Å². The number of rotatable bonds is 4. The minimum Gasteiger partial charge on any atom is -0.505 e. The van der Waals surface area contributed by atoms with Crippen molar-refractivity contribution in [3.05, 3.63) is 60.2 Å². The maximum absolute atomic E-state index is 13.1. The fraction of sp³-hybridized carbons (Fsp3) is 0.105. The first-order chi connectivity index (χ1) is 14.5. The molecule has 0 aliphatic heterocycles. The highest BCUT2D eigenvalue weighted by Crippen LogP contribution is 2.47. The van der Waals surface area contributed by atoms with Gasteiger partial charge in [-0.15, -0.1) is 0 Å². The van der Waals surface area contributed by atoms with E-state index in [2.05, 4.69) is 9.17 Å². The highest BCUT2D eigenvalue weighted by atomic mass is 32.2. The molecule has 2 heterocycles. The molecule has 0 fully saturated rings. The summed E-state index contributed by atoms with van der Waals surface area (Å²) in [7, 11) is -6.06. The van der Waals surface area contributed by atoms with E-state index in [1.807, 2.05) is 0 Å². The molecule has 0 aliphatic carbocycles. The van der Waals surface area contributed by atoms with Crippen LogP contribution < -0.4 is 4.18 Å². The molecule has 12 heteroatoms. The summed E-state index contributed by atoms with van der Waals surface area (Å²) in [5, 5.41) is 20.3. The van der Waals surface area contributed by atoms with Crippen molar-refractivity contribution >= 4 is 31.8 Å². The second-order valence-corrected chi connectivity index (χ2v) is 8.09. The molecule has 0 atom stereocenters. The third-order valence-electron chi connectivity index (χ3n) is 4.55. The Kier molecular flexibility index (Phi) is 4.69. The Labute approximate surface area is 171 Å². The molecular formula is C19H12F4N2O5S. The molecule has 162 valence electrons. The number of alkyl halides is 3. The molecule has 4 rings (SSSR count). The summed E-state index contributed by atoms with van der Waals surface area (Å²) in [6, 6.07) is 7.73. The van der Waals surface area contributed by atoms with Crippen LogP contribution in [0.5, 0.6) is 17.4 Å². The molecule has 31 heavy (non-hydrogen) atoms. The molecule has 0 bridgehead atoms. The van der Waals surface area contributed by atoms with Crippen LogP contribution in [0, 0.1) is 5.82 Å².